The van der Waals surface area contributed by atoms with Crippen LogP contribution in [-0.4, -0.2) is 41.4 Å². The van der Waals surface area contributed by atoms with Crippen molar-refractivity contribution < 1.29 is 4.79 Å². The summed E-state index contributed by atoms with van der Waals surface area (Å²) in [6.07, 6.45) is 10.8. The number of rotatable bonds is 10. The van der Waals surface area contributed by atoms with E-state index in [-0.39, 0.29) is 5.91 Å². The first kappa shape index (κ1) is 22.4. The van der Waals surface area contributed by atoms with Gasteiger partial charge < -0.3 is 10.6 Å². The number of allylic oxidation sites excluding steroid dienone is 4. The van der Waals surface area contributed by atoms with Gasteiger partial charge in [0.25, 0.3) is 0 Å². The van der Waals surface area contributed by atoms with E-state index < -0.39 is 0 Å². The van der Waals surface area contributed by atoms with Gasteiger partial charge >= 0.3 is 0 Å². The first-order chi connectivity index (χ1) is 14.5. The van der Waals surface area contributed by atoms with Crippen LogP contribution in [0.3, 0.4) is 0 Å². The van der Waals surface area contributed by atoms with Gasteiger partial charge in [-0.15, -0.1) is 0 Å². The van der Waals surface area contributed by atoms with E-state index in [0.29, 0.717) is 30.0 Å². The number of nitrogens with one attached hydrogen (secondary N) is 2. The third-order valence-electron chi connectivity index (χ3n) is 5.06. The standard InChI is InChI=1S/C22H29BClN5O/c1-15(2)9-10-21(30)26-12-6-5-11-25-20-13-19(16-7-3-4-8-18(16)24)28-22-17(23)14-27-29(20)22/h3,7,13-15,25H,4-6,8-12H2,1-2H3,(H,26,30). The summed E-state index contributed by atoms with van der Waals surface area (Å²) in [5.74, 6) is 1.51. The average molecular weight is 426 g/mol. The zero-order valence-corrected chi connectivity index (χ0v) is 18.5. The van der Waals surface area contributed by atoms with E-state index >= 15 is 0 Å². The van der Waals surface area contributed by atoms with Crippen molar-refractivity contribution in [3.05, 3.63) is 35.1 Å². The van der Waals surface area contributed by atoms with E-state index in [1.165, 1.54) is 0 Å². The fourth-order valence-electron chi connectivity index (χ4n) is 3.31. The second kappa shape index (κ2) is 10.7. The maximum atomic E-state index is 11.8. The maximum Gasteiger partial charge on any atom is 0.220 e. The summed E-state index contributed by atoms with van der Waals surface area (Å²) >= 11 is 6.44. The lowest BCUT2D eigenvalue weighted by Gasteiger charge is -2.14. The first-order valence-corrected chi connectivity index (χ1v) is 11.0. The summed E-state index contributed by atoms with van der Waals surface area (Å²) in [6.45, 7) is 5.70. The van der Waals surface area contributed by atoms with Gasteiger partial charge in [-0.05, 0) is 43.5 Å². The Kier molecular flexibility index (Phi) is 7.97. The minimum absolute atomic E-state index is 0.134. The smallest absolute Gasteiger partial charge is 0.220 e. The Morgan fingerprint density at radius 3 is 2.90 bits per heavy atom. The van der Waals surface area contributed by atoms with Gasteiger partial charge in [-0.1, -0.05) is 37.6 Å². The number of hydrogen-bond acceptors (Lipinski definition) is 4. The third kappa shape index (κ3) is 5.88. The number of carbonyl (C=O) groups excluding carboxylic acids is 1. The summed E-state index contributed by atoms with van der Waals surface area (Å²) in [6, 6.07) is 1.96. The van der Waals surface area contributed by atoms with Crippen LogP contribution >= 0.6 is 11.6 Å². The van der Waals surface area contributed by atoms with Gasteiger partial charge in [0.15, 0.2) is 5.65 Å². The Hall–Kier alpha value is -2.28. The fourth-order valence-corrected chi connectivity index (χ4v) is 3.58. The summed E-state index contributed by atoms with van der Waals surface area (Å²) in [5.41, 5.74) is 2.86. The number of carbonyl (C=O) groups is 1. The van der Waals surface area contributed by atoms with Crippen LogP contribution in [0.2, 0.25) is 0 Å². The van der Waals surface area contributed by atoms with Gasteiger partial charge in [-0.25, -0.2) is 4.98 Å². The number of halogens is 1. The van der Waals surface area contributed by atoms with Gasteiger partial charge in [-0.3, -0.25) is 4.79 Å². The first-order valence-electron chi connectivity index (χ1n) is 10.7. The van der Waals surface area contributed by atoms with E-state index in [1.807, 2.05) is 12.1 Å². The second-order valence-corrected chi connectivity index (χ2v) is 8.49. The number of anilines is 1. The van der Waals surface area contributed by atoms with E-state index in [4.69, 9.17) is 19.4 Å². The molecule has 158 valence electrons. The van der Waals surface area contributed by atoms with Gasteiger partial charge in [0.2, 0.25) is 5.91 Å². The van der Waals surface area contributed by atoms with Crippen molar-refractivity contribution >= 4 is 47.9 Å². The lowest BCUT2D eigenvalue weighted by Crippen LogP contribution is -2.24. The summed E-state index contributed by atoms with van der Waals surface area (Å²) in [7, 11) is 6.06. The highest BCUT2D eigenvalue weighted by Gasteiger charge is 2.14. The molecule has 30 heavy (non-hydrogen) atoms. The molecule has 2 heterocycles. The topological polar surface area (TPSA) is 71.3 Å². The molecule has 3 rings (SSSR count). The van der Waals surface area contributed by atoms with Crippen LogP contribution in [-0.2, 0) is 4.79 Å². The van der Waals surface area contributed by atoms with Gasteiger partial charge in [0, 0.05) is 42.4 Å². The van der Waals surface area contributed by atoms with Crippen molar-refractivity contribution in [1.29, 1.82) is 0 Å². The van der Waals surface area contributed by atoms with Crippen molar-refractivity contribution in [3.63, 3.8) is 0 Å². The normalized spacial score (nSPS) is 14.0. The highest BCUT2D eigenvalue weighted by atomic mass is 35.5. The molecule has 1 amide bonds. The minimum atomic E-state index is 0.134. The predicted octanol–water partition coefficient (Wildman–Crippen LogP) is 3.57. The lowest BCUT2D eigenvalue weighted by molar-refractivity contribution is -0.121. The number of amides is 1. The molecule has 0 unspecified atom stereocenters. The molecule has 0 spiro atoms. The molecular weight excluding hydrogens is 397 g/mol. The molecular formula is C22H29BClN5O. The lowest BCUT2D eigenvalue weighted by atomic mass is 10.00. The van der Waals surface area contributed by atoms with E-state index in [0.717, 1.165) is 60.8 Å². The molecule has 6 nitrogen and oxygen atoms in total. The zero-order chi connectivity index (χ0) is 21.5. The molecule has 0 saturated carbocycles. The predicted molar refractivity (Wildman–Crippen MR) is 124 cm³/mol. The van der Waals surface area contributed by atoms with Crippen molar-refractivity contribution in [2.24, 2.45) is 5.92 Å². The zero-order valence-electron chi connectivity index (χ0n) is 17.7. The SMILES string of the molecule is [B]c1cnn2c(NCCCCNC(=O)CCC(C)C)cc(C3=C(Cl)CCC=C3)nc12. The van der Waals surface area contributed by atoms with Crippen LogP contribution in [0.25, 0.3) is 11.2 Å². The van der Waals surface area contributed by atoms with Crippen LogP contribution in [0.15, 0.2) is 29.4 Å². The van der Waals surface area contributed by atoms with E-state index in [1.54, 1.807) is 10.7 Å². The number of fused-ring (bicyclic) bond motifs is 1. The summed E-state index contributed by atoms with van der Waals surface area (Å²) < 4.78 is 1.72. The van der Waals surface area contributed by atoms with Crippen molar-refractivity contribution in [3.8, 4) is 0 Å². The second-order valence-electron chi connectivity index (χ2n) is 8.04. The molecule has 2 aromatic heterocycles. The van der Waals surface area contributed by atoms with Crippen LogP contribution in [0.1, 0.15) is 58.1 Å². The Morgan fingerprint density at radius 1 is 1.33 bits per heavy atom. The molecule has 0 saturated heterocycles. The Morgan fingerprint density at radius 2 is 2.13 bits per heavy atom. The molecule has 2 N–H and O–H groups in total. The summed E-state index contributed by atoms with van der Waals surface area (Å²) in [4.78, 5) is 16.5. The van der Waals surface area contributed by atoms with Crippen molar-refractivity contribution in [1.82, 2.24) is 19.9 Å². The van der Waals surface area contributed by atoms with E-state index in [9.17, 15) is 4.79 Å². The largest absolute Gasteiger partial charge is 0.370 e. The number of nitrogens with zero attached hydrogens (tertiary/aromatic N) is 3. The highest BCUT2D eigenvalue weighted by molar-refractivity contribution is 6.36. The molecule has 1 aliphatic carbocycles. The molecule has 2 aromatic rings. The molecule has 2 radical (unpaired) electrons. The molecule has 0 atom stereocenters. The Balaban J connectivity index is 1.58. The van der Waals surface area contributed by atoms with Crippen LogP contribution in [0.5, 0.6) is 0 Å². The van der Waals surface area contributed by atoms with Gasteiger partial charge in [0.05, 0.1) is 5.69 Å². The molecule has 0 fully saturated rings. The monoisotopic (exact) mass is 425 g/mol. The molecule has 1 aliphatic rings. The number of hydrogen-bond donors (Lipinski definition) is 2. The van der Waals surface area contributed by atoms with Gasteiger partial charge in [0.1, 0.15) is 13.7 Å². The molecule has 0 aromatic carbocycles. The minimum Gasteiger partial charge on any atom is -0.370 e. The Bertz CT molecular complexity index is 950. The molecule has 8 heteroatoms. The van der Waals surface area contributed by atoms with Crippen LogP contribution in [0, 0.1) is 5.92 Å². The number of aromatic nitrogens is 3. The van der Waals surface area contributed by atoms with Crippen molar-refractivity contribution in [2.75, 3.05) is 18.4 Å². The third-order valence-corrected chi connectivity index (χ3v) is 5.46. The molecule has 0 bridgehead atoms. The fraction of sp³-hybridized carbons (Fsp3) is 0.500. The highest BCUT2D eigenvalue weighted by Crippen LogP contribution is 2.30. The van der Waals surface area contributed by atoms with Crippen LogP contribution < -0.4 is 16.1 Å². The Labute approximate surface area is 184 Å². The average Bonchev–Trinajstić information content (AvgIpc) is 3.10. The number of unbranched alkanes of at least 4 members (excludes halogenated alkanes) is 1. The molecule has 0 aliphatic heterocycles. The quantitative estimate of drug-likeness (QED) is 0.451. The summed E-state index contributed by atoms with van der Waals surface area (Å²) in [5, 5.41) is 11.6. The van der Waals surface area contributed by atoms with Crippen LogP contribution in [0.4, 0.5) is 5.82 Å². The van der Waals surface area contributed by atoms with E-state index in [2.05, 4.69) is 40.6 Å². The van der Waals surface area contributed by atoms with Crippen molar-refractivity contribution in [2.45, 2.75) is 52.4 Å². The maximum absolute atomic E-state index is 11.8. The van der Waals surface area contributed by atoms with Gasteiger partial charge in [-0.2, -0.15) is 9.61 Å².